The van der Waals surface area contributed by atoms with Gasteiger partial charge < -0.3 is 5.73 Å². The van der Waals surface area contributed by atoms with Crippen LogP contribution in [-0.2, 0) is 12.8 Å². The minimum absolute atomic E-state index is 0.410. The lowest BCUT2D eigenvalue weighted by Gasteiger charge is -1.99. The number of benzene rings is 1. The molecule has 0 fully saturated rings. The van der Waals surface area contributed by atoms with E-state index in [1.54, 1.807) is 6.07 Å². The van der Waals surface area contributed by atoms with Gasteiger partial charge in [0.1, 0.15) is 5.82 Å². The Balaban J connectivity index is 1.90. The zero-order valence-electron chi connectivity index (χ0n) is 11.2. The number of rotatable bonds is 7. The number of halogens is 2. The number of hydrogen-bond acceptors (Lipinski definition) is 3. The van der Waals surface area contributed by atoms with Gasteiger partial charge >= 0.3 is 0 Å². The molecule has 3 N–H and O–H groups in total. The largest absolute Gasteiger partial charge is 0.330 e. The summed E-state index contributed by atoms with van der Waals surface area (Å²) in [5.41, 5.74) is 6.09. The van der Waals surface area contributed by atoms with E-state index in [4.69, 9.17) is 5.73 Å². The molecule has 1 heterocycles. The average molecular weight is 280 g/mol. The number of nitrogens with one attached hydrogen (secondary N) is 1. The second-order valence-corrected chi connectivity index (χ2v) is 4.72. The molecule has 2 rings (SSSR count). The summed E-state index contributed by atoms with van der Waals surface area (Å²) in [7, 11) is 0. The first-order valence-corrected chi connectivity index (χ1v) is 6.73. The van der Waals surface area contributed by atoms with Crippen molar-refractivity contribution in [2.24, 2.45) is 5.73 Å². The minimum atomic E-state index is -0.843. The third-order valence-electron chi connectivity index (χ3n) is 3.04. The first-order chi connectivity index (χ1) is 9.69. The van der Waals surface area contributed by atoms with Gasteiger partial charge in [0, 0.05) is 12.8 Å². The van der Waals surface area contributed by atoms with Crippen LogP contribution >= 0.6 is 0 Å². The number of aromatic amines is 1. The predicted octanol–water partition coefficient (Wildman–Crippen LogP) is 2.35. The van der Waals surface area contributed by atoms with Crippen molar-refractivity contribution in [3.8, 4) is 0 Å². The van der Waals surface area contributed by atoms with Crippen LogP contribution in [-0.4, -0.2) is 21.7 Å². The van der Waals surface area contributed by atoms with Crippen LogP contribution in [0, 0.1) is 11.6 Å². The number of aromatic nitrogens is 3. The Kier molecular flexibility index (Phi) is 5.17. The zero-order valence-corrected chi connectivity index (χ0v) is 11.2. The van der Waals surface area contributed by atoms with Gasteiger partial charge in [-0.2, -0.15) is 5.10 Å². The van der Waals surface area contributed by atoms with E-state index in [9.17, 15) is 8.78 Å². The first kappa shape index (κ1) is 14.6. The highest BCUT2D eigenvalue weighted by atomic mass is 19.2. The SMILES string of the molecule is NCCCCCc1n[nH]c(Cc2ccc(F)c(F)c2)n1. The molecule has 1 aromatic heterocycles. The Morgan fingerprint density at radius 3 is 2.70 bits per heavy atom. The van der Waals surface area contributed by atoms with Gasteiger partial charge in [0.15, 0.2) is 17.5 Å². The molecule has 6 heteroatoms. The Bertz CT molecular complexity index is 554. The van der Waals surface area contributed by atoms with E-state index in [1.807, 2.05) is 0 Å². The van der Waals surface area contributed by atoms with E-state index >= 15 is 0 Å². The summed E-state index contributed by atoms with van der Waals surface area (Å²) in [5.74, 6) is -0.277. The highest BCUT2D eigenvalue weighted by molar-refractivity contribution is 5.21. The Hall–Kier alpha value is -1.82. The number of aryl methyl sites for hydroxylation is 1. The molecule has 4 nitrogen and oxygen atoms in total. The summed E-state index contributed by atoms with van der Waals surface area (Å²) in [4.78, 5) is 4.34. The third kappa shape index (κ3) is 4.09. The van der Waals surface area contributed by atoms with E-state index in [-0.39, 0.29) is 0 Å². The van der Waals surface area contributed by atoms with Crippen molar-refractivity contribution < 1.29 is 8.78 Å². The van der Waals surface area contributed by atoms with E-state index in [0.29, 0.717) is 24.4 Å². The quantitative estimate of drug-likeness (QED) is 0.765. The van der Waals surface area contributed by atoms with Gasteiger partial charge in [-0.05, 0) is 37.1 Å². The van der Waals surface area contributed by atoms with Crippen molar-refractivity contribution in [3.05, 3.63) is 47.0 Å². The third-order valence-corrected chi connectivity index (χ3v) is 3.04. The van der Waals surface area contributed by atoms with Gasteiger partial charge in [0.2, 0.25) is 0 Å². The van der Waals surface area contributed by atoms with E-state index in [0.717, 1.165) is 37.6 Å². The average Bonchev–Trinajstić information content (AvgIpc) is 2.87. The number of unbranched alkanes of at least 4 members (excludes halogenated alkanes) is 2. The zero-order chi connectivity index (χ0) is 14.4. The molecule has 0 amide bonds. The molecule has 0 spiro atoms. The summed E-state index contributed by atoms with van der Waals surface area (Å²) in [6.07, 6.45) is 4.27. The highest BCUT2D eigenvalue weighted by Gasteiger charge is 2.07. The molecule has 0 aliphatic heterocycles. The van der Waals surface area contributed by atoms with Gasteiger partial charge in [0.25, 0.3) is 0 Å². The fourth-order valence-electron chi connectivity index (χ4n) is 1.97. The van der Waals surface area contributed by atoms with E-state index in [2.05, 4.69) is 15.2 Å². The molecule has 0 saturated carbocycles. The van der Waals surface area contributed by atoms with Crippen molar-refractivity contribution in [3.63, 3.8) is 0 Å². The van der Waals surface area contributed by atoms with Gasteiger partial charge in [-0.1, -0.05) is 12.5 Å². The molecular weight excluding hydrogens is 262 g/mol. The lowest BCUT2D eigenvalue weighted by molar-refractivity contribution is 0.507. The molecule has 1 aromatic carbocycles. The maximum absolute atomic E-state index is 13.1. The molecule has 0 saturated heterocycles. The molecule has 0 bridgehead atoms. The van der Waals surface area contributed by atoms with Crippen molar-refractivity contribution in [2.45, 2.75) is 32.1 Å². The van der Waals surface area contributed by atoms with Crippen LogP contribution in [0.25, 0.3) is 0 Å². The minimum Gasteiger partial charge on any atom is -0.330 e. The van der Waals surface area contributed by atoms with E-state index in [1.165, 1.54) is 6.07 Å². The van der Waals surface area contributed by atoms with Gasteiger partial charge in [-0.3, -0.25) is 5.10 Å². The van der Waals surface area contributed by atoms with Crippen LogP contribution in [0.3, 0.4) is 0 Å². The molecule has 0 radical (unpaired) electrons. The van der Waals surface area contributed by atoms with E-state index < -0.39 is 11.6 Å². The van der Waals surface area contributed by atoms with Crippen LogP contribution in [0.15, 0.2) is 18.2 Å². The van der Waals surface area contributed by atoms with Gasteiger partial charge in [0.05, 0.1) is 0 Å². The maximum atomic E-state index is 13.1. The van der Waals surface area contributed by atoms with Crippen LogP contribution in [0.5, 0.6) is 0 Å². The number of nitrogens with two attached hydrogens (primary N) is 1. The maximum Gasteiger partial charge on any atom is 0.159 e. The van der Waals surface area contributed by atoms with Crippen molar-refractivity contribution >= 4 is 0 Å². The fraction of sp³-hybridized carbons (Fsp3) is 0.429. The number of nitrogens with zero attached hydrogens (tertiary/aromatic N) is 2. The number of H-pyrrole nitrogens is 1. The lowest BCUT2D eigenvalue weighted by Crippen LogP contribution is -1.98. The summed E-state index contributed by atoms with van der Waals surface area (Å²) >= 11 is 0. The topological polar surface area (TPSA) is 67.6 Å². The smallest absolute Gasteiger partial charge is 0.159 e. The second-order valence-electron chi connectivity index (χ2n) is 4.72. The van der Waals surface area contributed by atoms with Gasteiger partial charge in [-0.15, -0.1) is 0 Å². The van der Waals surface area contributed by atoms with Crippen LogP contribution in [0.2, 0.25) is 0 Å². The summed E-state index contributed by atoms with van der Waals surface area (Å²) in [6, 6.07) is 3.84. The summed E-state index contributed by atoms with van der Waals surface area (Å²) in [6.45, 7) is 0.704. The fourth-order valence-corrected chi connectivity index (χ4v) is 1.97. The molecule has 0 aliphatic carbocycles. The highest BCUT2D eigenvalue weighted by Crippen LogP contribution is 2.12. The van der Waals surface area contributed by atoms with Crippen LogP contribution < -0.4 is 5.73 Å². The van der Waals surface area contributed by atoms with Crippen molar-refractivity contribution in [1.29, 1.82) is 0 Å². The molecule has 108 valence electrons. The lowest BCUT2D eigenvalue weighted by atomic mass is 10.1. The standard InChI is InChI=1S/C14H18F2N4/c15-11-6-5-10(8-12(11)16)9-14-18-13(19-20-14)4-2-1-3-7-17/h5-6,8H,1-4,7,9,17H2,(H,18,19,20). The van der Waals surface area contributed by atoms with Gasteiger partial charge in [-0.25, -0.2) is 13.8 Å². The number of hydrogen-bond donors (Lipinski definition) is 2. The second kappa shape index (κ2) is 7.09. The first-order valence-electron chi connectivity index (χ1n) is 6.73. The van der Waals surface area contributed by atoms with Crippen LogP contribution in [0.4, 0.5) is 8.78 Å². The van der Waals surface area contributed by atoms with Crippen LogP contribution in [0.1, 0.15) is 36.5 Å². The molecule has 2 aromatic rings. The Morgan fingerprint density at radius 1 is 1.10 bits per heavy atom. The molecular formula is C14H18F2N4. The molecule has 0 atom stereocenters. The Labute approximate surface area is 116 Å². The molecule has 0 aliphatic rings. The normalized spacial score (nSPS) is 10.9. The summed E-state index contributed by atoms with van der Waals surface area (Å²) < 4.78 is 25.9. The molecule has 20 heavy (non-hydrogen) atoms. The molecule has 0 unspecified atom stereocenters. The predicted molar refractivity (Wildman–Crippen MR) is 72.2 cm³/mol. The summed E-state index contributed by atoms with van der Waals surface area (Å²) in [5, 5.41) is 6.94. The monoisotopic (exact) mass is 280 g/mol. The Morgan fingerprint density at radius 2 is 1.95 bits per heavy atom. The van der Waals surface area contributed by atoms with Crippen molar-refractivity contribution in [1.82, 2.24) is 15.2 Å². The van der Waals surface area contributed by atoms with Crippen molar-refractivity contribution in [2.75, 3.05) is 6.54 Å².